The fraction of sp³-hybridized carbons (Fsp3) is 0. The van der Waals surface area contributed by atoms with E-state index in [1.165, 1.54) is 0 Å². The highest BCUT2D eigenvalue weighted by Gasteiger charge is 2.15. The topological polar surface area (TPSA) is 51.8 Å². The van der Waals surface area contributed by atoms with Gasteiger partial charge in [-0.2, -0.15) is 0 Å². The SMILES string of the molecule is c1ccc(-c2cccc(-c3nc(-c4ccccc4)nc(-c4ccc5c(c4)oc4cc(-c6ccccc6)ccc45)n3)c2)cc1. The lowest BCUT2D eigenvalue weighted by Crippen LogP contribution is -2.00. The fourth-order valence-corrected chi connectivity index (χ4v) is 5.55. The molecule has 0 aliphatic carbocycles. The first-order chi connectivity index (χ1) is 21.3. The third-order valence-electron chi connectivity index (χ3n) is 7.73. The summed E-state index contributed by atoms with van der Waals surface area (Å²) in [6.45, 7) is 0. The lowest BCUT2D eigenvalue weighted by atomic mass is 10.0. The number of benzene rings is 6. The van der Waals surface area contributed by atoms with E-state index >= 15 is 0 Å². The molecule has 2 heterocycles. The largest absolute Gasteiger partial charge is 0.456 e. The first kappa shape index (κ1) is 24.9. The van der Waals surface area contributed by atoms with E-state index in [1.807, 2.05) is 72.8 Å². The molecular formula is C39H25N3O. The first-order valence-corrected chi connectivity index (χ1v) is 14.3. The number of hydrogen-bond donors (Lipinski definition) is 0. The first-order valence-electron chi connectivity index (χ1n) is 14.3. The Bertz CT molecular complexity index is 2220. The van der Waals surface area contributed by atoms with Crippen molar-refractivity contribution in [3.63, 3.8) is 0 Å². The molecule has 0 saturated heterocycles. The van der Waals surface area contributed by atoms with Crippen LogP contribution < -0.4 is 0 Å². The van der Waals surface area contributed by atoms with E-state index < -0.39 is 0 Å². The van der Waals surface area contributed by atoms with Gasteiger partial charge in [0, 0.05) is 27.5 Å². The summed E-state index contributed by atoms with van der Waals surface area (Å²) in [5.74, 6) is 1.85. The van der Waals surface area contributed by atoms with Crippen molar-refractivity contribution in [1.29, 1.82) is 0 Å². The Hall–Kier alpha value is -5.87. The Morgan fingerprint density at radius 3 is 1.28 bits per heavy atom. The second kappa shape index (κ2) is 10.5. The summed E-state index contributed by atoms with van der Waals surface area (Å²) in [5.41, 5.74) is 8.93. The maximum atomic E-state index is 6.40. The van der Waals surface area contributed by atoms with Gasteiger partial charge in [-0.25, -0.2) is 15.0 Å². The van der Waals surface area contributed by atoms with Gasteiger partial charge in [0.25, 0.3) is 0 Å². The van der Waals surface area contributed by atoms with Crippen molar-refractivity contribution in [2.24, 2.45) is 0 Å². The predicted molar refractivity (Wildman–Crippen MR) is 174 cm³/mol. The fourth-order valence-electron chi connectivity index (χ4n) is 5.55. The average Bonchev–Trinajstić information content (AvgIpc) is 3.46. The molecule has 0 N–H and O–H groups in total. The molecule has 2 aromatic heterocycles. The average molecular weight is 552 g/mol. The molecule has 4 nitrogen and oxygen atoms in total. The normalized spacial score (nSPS) is 11.3. The third kappa shape index (κ3) is 4.75. The molecule has 0 radical (unpaired) electrons. The zero-order valence-corrected chi connectivity index (χ0v) is 23.2. The lowest BCUT2D eigenvalue weighted by molar-refractivity contribution is 0.669. The second-order valence-electron chi connectivity index (χ2n) is 10.5. The molecule has 0 bridgehead atoms. The van der Waals surface area contributed by atoms with Crippen LogP contribution in [-0.4, -0.2) is 15.0 Å². The molecule has 202 valence electrons. The van der Waals surface area contributed by atoms with Crippen LogP contribution >= 0.6 is 0 Å². The Morgan fingerprint density at radius 2 is 0.698 bits per heavy atom. The van der Waals surface area contributed by atoms with Crippen molar-refractivity contribution in [3.8, 4) is 56.4 Å². The highest BCUT2D eigenvalue weighted by molar-refractivity contribution is 6.06. The lowest BCUT2D eigenvalue weighted by Gasteiger charge is -2.09. The van der Waals surface area contributed by atoms with Crippen LogP contribution in [0.15, 0.2) is 156 Å². The number of nitrogens with zero attached hydrogens (tertiary/aromatic N) is 3. The Morgan fingerprint density at radius 1 is 0.302 bits per heavy atom. The van der Waals surface area contributed by atoms with Gasteiger partial charge in [-0.3, -0.25) is 0 Å². The standard InChI is InChI=1S/C39H25N3O/c1-4-11-26(12-5-1)29-17-10-18-31(23-29)38-40-37(28-15-8-3-9-16-28)41-39(42-38)32-20-22-34-33-21-19-30(27-13-6-2-7-14-27)24-35(33)43-36(34)25-32/h1-25H. The van der Waals surface area contributed by atoms with Gasteiger partial charge in [0.05, 0.1) is 0 Å². The molecule has 8 rings (SSSR count). The number of aromatic nitrogens is 3. The molecule has 0 atom stereocenters. The van der Waals surface area contributed by atoms with Gasteiger partial charge in [-0.15, -0.1) is 0 Å². The molecule has 8 aromatic rings. The molecule has 6 aromatic carbocycles. The van der Waals surface area contributed by atoms with Crippen LogP contribution in [0.3, 0.4) is 0 Å². The van der Waals surface area contributed by atoms with E-state index in [1.54, 1.807) is 0 Å². The number of rotatable bonds is 5. The van der Waals surface area contributed by atoms with E-state index in [0.717, 1.165) is 60.9 Å². The molecule has 0 aliphatic heterocycles. The third-order valence-corrected chi connectivity index (χ3v) is 7.73. The zero-order valence-electron chi connectivity index (χ0n) is 23.2. The van der Waals surface area contributed by atoms with Gasteiger partial charge in [0.15, 0.2) is 17.5 Å². The highest BCUT2D eigenvalue weighted by Crippen LogP contribution is 2.35. The molecule has 4 heteroatoms. The van der Waals surface area contributed by atoms with Crippen molar-refractivity contribution in [2.75, 3.05) is 0 Å². The van der Waals surface area contributed by atoms with E-state index in [-0.39, 0.29) is 0 Å². The molecule has 0 fully saturated rings. The monoisotopic (exact) mass is 551 g/mol. The number of hydrogen-bond acceptors (Lipinski definition) is 4. The summed E-state index contributed by atoms with van der Waals surface area (Å²) >= 11 is 0. The maximum absolute atomic E-state index is 6.40. The van der Waals surface area contributed by atoms with Crippen molar-refractivity contribution >= 4 is 21.9 Å². The molecule has 0 aliphatic rings. The second-order valence-corrected chi connectivity index (χ2v) is 10.5. The minimum atomic E-state index is 0.598. The molecule has 0 unspecified atom stereocenters. The Labute approximate surface area is 249 Å². The summed E-state index contributed by atoms with van der Waals surface area (Å²) < 4.78 is 6.40. The van der Waals surface area contributed by atoms with Gasteiger partial charge in [-0.1, -0.05) is 121 Å². The van der Waals surface area contributed by atoms with Crippen LogP contribution in [0.1, 0.15) is 0 Å². The van der Waals surface area contributed by atoms with Gasteiger partial charge < -0.3 is 4.42 Å². The van der Waals surface area contributed by atoms with Crippen molar-refractivity contribution in [1.82, 2.24) is 15.0 Å². The molecule has 0 amide bonds. The quantitative estimate of drug-likeness (QED) is 0.214. The van der Waals surface area contributed by atoms with Crippen LogP contribution in [-0.2, 0) is 0 Å². The van der Waals surface area contributed by atoms with Crippen molar-refractivity contribution in [3.05, 3.63) is 152 Å². The molecular weight excluding hydrogens is 526 g/mol. The summed E-state index contributed by atoms with van der Waals surface area (Å²) in [7, 11) is 0. The molecule has 0 saturated carbocycles. The summed E-state index contributed by atoms with van der Waals surface area (Å²) in [4.78, 5) is 14.8. The van der Waals surface area contributed by atoms with Crippen LogP contribution in [0.2, 0.25) is 0 Å². The maximum Gasteiger partial charge on any atom is 0.164 e. The molecule has 0 spiro atoms. The van der Waals surface area contributed by atoms with E-state index in [4.69, 9.17) is 19.4 Å². The van der Waals surface area contributed by atoms with Crippen molar-refractivity contribution in [2.45, 2.75) is 0 Å². The Kier molecular flexibility index (Phi) is 6.08. The molecule has 43 heavy (non-hydrogen) atoms. The predicted octanol–water partition coefficient (Wildman–Crippen LogP) is 10.1. The van der Waals surface area contributed by atoms with Gasteiger partial charge >= 0.3 is 0 Å². The summed E-state index contributed by atoms with van der Waals surface area (Å²) in [6, 6.07) is 51.7. The van der Waals surface area contributed by atoms with Crippen molar-refractivity contribution < 1.29 is 4.42 Å². The highest BCUT2D eigenvalue weighted by atomic mass is 16.3. The van der Waals surface area contributed by atoms with E-state index in [2.05, 4.69) is 78.9 Å². The number of fused-ring (bicyclic) bond motifs is 3. The van der Waals surface area contributed by atoms with Crippen LogP contribution in [0, 0.1) is 0 Å². The van der Waals surface area contributed by atoms with Gasteiger partial charge in [-0.05, 0) is 52.6 Å². The number of furan rings is 1. The Balaban J connectivity index is 1.25. The van der Waals surface area contributed by atoms with E-state index in [9.17, 15) is 0 Å². The van der Waals surface area contributed by atoms with Crippen LogP contribution in [0.5, 0.6) is 0 Å². The van der Waals surface area contributed by atoms with Crippen LogP contribution in [0.25, 0.3) is 78.4 Å². The summed E-state index contributed by atoms with van der Waals surface area (Å²) in [5, 5.41) is 2.15. The smallest absolute Gasteiger partial charge is 0.164 e. The minimum absolute atomic E-state index is 0.598. The zero-order chi connectivity index (χ0) is 28.6. The van der Waals surface area contributed by atoms with Crippen LogP contribution in [0.4, 0.5) is 0 Å². The summed E-state index contributed by atoms with van der Waals surface area (Å²) in [6.07, 6.45) is 0. The van der Waals surface area contributed by atoms with Gasteiger partial charge in [0.1, 0.15) is 11.2 Å². The van der Waals surface area contributed by atoms with E-state index in [0.29, 0.717) is 17.5 Å². The van der Waals surface area contributed by atoms with Gasteiger partial charge in [0.2, 0.25) is 0 Å². The minimum Gasteiger partial charge on any atom is -0.456 e.